The van der Waals surface area contributed by atoms with Gasteiger partial charge in [0.05, 0.1) is 34.2 Å². The molecule has 14 nitrogen and oxygen atoms in total. The number of hydrogen-bond acceptors (Lipinski definition) is 12. The van der Waals surface area contributed by atoms with Crippen LogP contribution in [0.4, 0.5) is 11.4 Å². The minimum atomic E-state index is -0.662. The van der Waals surface area contributed by atoms with Gasteiger partial charge >= 0.3 is 0 Å². The summed E-state index contributed by atoms with van der Waals surface area (Å²) < 4.78 is 3.26. The molecular formula is C43H45N11O3S. The van der Waals surface area contributed by atoms with E-state index in [-0.39, 0.29) is 17.9 Å². The second-order valence-electron chi connectivity index (χ2n) is 15.9. The number of fused-ring (bicyclic) bond motifs is 2. The lowest BCUT2D eigenvalue weighted by atomic mass is 9.85. The third-order valence-corrected chi connectivity index (χ3v) is 13.5. The summed E-state index contributed by atoms with van der Waals surface area (Å²) in [5.74, 6) is 0.332. The zero-order chi connectivity index (χ0) is 39.9. The van der Waals surface area contributed by atoms with Crippen LogP contribution in [-0.2, 0) is 9.59 Å². The second kappa shape index (κ2) is 15.8. The maximum absolute atomic E-state index is 13.3. The molecule has 1 aliphatic carbocycles. The average molecular weight is 796 g/mol. The number of aromatic nitrogens is 6. The van der Waals surface area contributed by atoms with Crippen molar-refractivity contribution in [1.82, 2.24) is 39.6 Å². The summed E-state index contributed by atoms with van der Waals surface area (Å²) in [6.45, 7) is 3.04. The van der Waals surface area contributed by atoms with Crippen molar-refractivity contribution in [2.75, 3.05) is 43.9 Å². The number of carbonyl (C=O) groups is 2. The van der Waals surface area contributed by atoms with Crippen LogP contribution in [0.15, 0.2) is 71.9 Å². The highest BCUT2D eigenvalue weighted by atomic mass is 32.1. The predicted octanol–water partition coefficient (Wildman–Crippen LogP) is 6.00. The number of benzene rings is 1. The highest BCUT2D eigenvalue weighted by Gasteiger charge is 2.31. The van der Waals surface area contributed by atoms with Crippen LogP contribution in [0, 0.1) is 17.2 Å². The van der Waals surface area contributed by atoms with Crippen molar-refractivity contribution >= 4 is 50.8 Å². The van der Waals surface area contributed by atoms with E-state index in [4.69, 9.17) is 4.98 Å². The van der Waals surface area contributed by atoms with Crippen molar-refractivity contribution in [3.8, 4) is 28.0 Å². The second-order valence-corrected chi connectivity index (χ2v) is 16.9. The van der Waals surface area contributed by atoms with Crippen LogP contribution in [-0.4, -0.2) is 85.8 Å². The Labute approximate surface area is 339 Å². The Morgan fingerprint density at radius 3 is 2.57 bits per heavy atom. The number of rotatable bonds is 9. The molecule has 1 saturated carbocycles. The quantitative estimate of drug-likeness (QED) is 0.165. The Bertz CT molecular complexity index is 2630. The van der Waals surface area contributed by atoms with Crippen LogP contribution in [0.25, 0.3) is 38.2 Å². The molecule has 0 spiro atoms. The molecule has 0 bridgehead atoms. The van der Waals surface area contributed by atoms with Gasteiger partial charge in [0.15, 0.2) is 5.01 Å². The van der Waals surface area contributed by atoms with Crippen molar-refractivity contribution in [2.24, 2.45) is 5.92 Å². The SMILES string of the molecule is CNc1cc(-c2ccc3cc(C#N)cnn23)ncc1-c1nnc(C2CCC(N(C)CC3CCN(c4ccc5c(=O)n(C6CCC(=O)NC6=O)ccc5c4)CC3)CC2)s1. The normalized spacial score (nSPS) is 20.4. The number of nitriles is 1. The standard InChI is InChI=1S/C43H45N11O3S/c1-45-35-21-36(37-10-8-32-19-27(22-44)23-47-54(32)37)46-24-34(35)42-50-49-41(58-42)28-3-5-30(6-4-28)51(2)25-26-13-16-52(17-14-26)31-7-9-33-29(20-31)15-18-53(43(33)57)38-11-12-39(55)48-40(38)56/h7-10,15,18-21,23-24,26,28,30,38H,3-6,11-14,16-17,25H2,1-2H3,(H,45,46)(H,48,55,56). The van der Waals surface area contributed by atoms with Gasteiger partial charge in [-0.15, -0.1) is 10.2 Å². The Morgan fingerprint density at radius 2 is 1.79 bits per heavy atom. The first-order valence-electron chi connectivity index (χ1n) is 20.1. The Hall–Kier alpha value is -5.98. The lowest BCUT2D eigenvalue weighted by Gasteiger charge is -2.39. The number of pyridine rings is 2. The number of piperidine rings is 2. The fourth-order valence-corrected chi connectivity index (χ4v) is 10.1. The maximum Gasteiger partial charge on any atom is 0.259 e. The van der Waals surface area contributed by atoms with Crippen LogP contribution in [0.3, 0.4) is 0 Å². The van der Waals surface area contributed by atoms with Gasteiger partial charge in [-0.1, -0.05) is 11.3 Å². The first kappa shape index (κ1) is 37.6. The molecule has 2 aliphatic heterocycles. The molecule has 296 valence electrons. The highest BCUT2D eigenvalue weighted by molar-refractivity contribution is 7.14. The molecule has 15 heteroatoms. The molecule has 2 saturated heterocycles. The third kappa shape index (κ3) is 7.22. The van der Waals surface area contributed by atoms with Gasteiger partial charge in [0.25, 0.3) is 5.56 Å². The molecule has 3 fully saturated rings. The third-order valence-electron chi connectivity index (χ3n) is 12.4. The van der Waals surface area contributed by atoms with Crippen LogP contribution < -0.4 is 21.1 Å². The van der Waals surface area contributed by atoms with E-state index in [1.807, 2.05) is 55.7 Å². The lowest BCUT2D eigenvalue weighted by Crippen LogP contribution is -2.44. The largest absolute Gasteiger partial charge is 0.387 e. The zero-order valence-electron chi connectivity index (χ0n) is 32.6. The molecule has 3 aliphatic rings. The Morgan fingerprint density at radius 1 is 0.966 bits per heavy atom. The van der Waals surface area contributed by atoms with Gasteiger partial charge in [-0.05, 0) is 112 Å². The highest BCUT2D eigenvalue weighted by Crippen LogP contribution is 2.40. The lowest BCUT2D eigenvalue weighted by molar-refractivity contribution is -0.135. The van der Waals surface area contributed by atoms with Gasteiger partial charge < -0.3 is 19.7 Å². The summed E-state index contributed by atoms with van der Waals surface area (Å²) >= 11 is 1.67. The number of anilines is 2. The number of nitrogens with zero attached hydrogens (tertiary/aromatic N) is 9. The molecule has 0 radical (unpaired) electrons. The van der Waals surface area contributed by atoms with E-state index < -0.39 is 11.9 Å². The van der Waals surface area contributed by atoms with Crippen molar-refractivity contribution in [1.29, 1.82) is 5.26 Å². The minimum absolute atomic E-state index is 0.205. The fraction of sp³-hybridized carbons (Fsp3) is 0.395. The van der Waals surface area contributed by atoms with Gasteiger partial charge in [0.2, 0.25) is 11.8 Å². The molecule has 5 aromatic heterocycles. The summed E-state index contributed by atoms with van der Waals surface area (Å²) in [4.78, 5) is 47.1. The molecule has 2 amide bonds. The molecule has 2 N–H and O–H groups in total. The van der Waals surface area contributed by atoms with Gasteiger partial charge in [0, 0.05) is 74.2 Å². The summed E-state index contributed by atoms with van der Waals surface area (Å²) in [6.07, 6.45) is 12.4. The fourth-order valence-electron chi connectivity index (χ4n) is 9.07. The summed E-state index contributed by atoms with van der Waals surface area (Å²) in [5, 5.41) is 32.1. The van der Waals surface area contributed by atoms with Crippen molar-refractivity contribution < 1.29 is 9.59 Å². The first-order valence-corrected chi connectivity index (χ1v) is 20.9. The van der Waals surface area contributed by atoms with Gasteiger partial charge in [-0.25, -0.2) is 4.52 Å². The van der Waals surface area contributed by atoms with Gasteiger partial charge in [-0.2, -0.15) is 10.4 Å². The van der Waals surface area contributed by atoms with Gasteiger partial charge in [0.1, 0.15) is 17.1 Å². The molecule has 6 aromatic rings. The molecule has 1 atom stereocenters. The maximum atomic E-state index is 13.3. The molecule has 9 rings (SSSR count). The number of amides is 2. The molecule has 7 heterocycles. The van der Waals surface area contributed by atoms with Gasteiger partial charge in [-0.3, -0.25) is 24.7 Å². The summed E-state index contributed by atoms with van der Waals surface area (Å²) in [7, 11) is 4.19. The van der Waals surface area contributed by atoms with E-state index in [0.717, 1.165) is 107 Å². The van der Waals surface area contributed by atoms with Crippen molar-refractivity contribution in [2.45, 2.75) is 69.4 Å². The topological polar surface area (TPSA) is 166 Å². The van der Waals surface area contributed by atoms with E-state index in [1.54, 1.807) is 28.2 Å². The zero-order valence-corrected chi connectivity index (χ0v) is 33.4. The van der Waals surface area contributed by atoms with Crippen LogP contribution in [0.5, 0.6) is 0 Å². The van der Waals surface area contributed by atoms with E-state index >= 15 is 0 Å². The number of imide groups is 1. The van der Waals surface area contributed by atoms with E-state index in [0.29, 0.717) is 35.2 Å². The Kier molecular flexibility index (Phi) is 10.2. The summed E-state index contributed by atoms with van der Waals surface area (Å²) in [6, 6.07) is 17.7. The van der Waals surface area contributed by atoms with E-state index in [1.165, 1.54) is 4.57 Å². The summed E-state index contributed by atoms with van der Waals surface area (Å²) in [5.41, 5.74) is 5.74. The van der Waals surface area contributed by atoms with E-state index in [9.17, 15) is 19.6 Å². The van der Waals surface area contributed by atoms with Crippen LogP contribution in [0.2, 0.25) is 0 Å². The molecule has 1 aromatic carbocycles. The first-order chi connectivity index (χ1) is 28.3. The number of hydrogen-bond donors (Lipinski definition) is 2. The predicted molar refractivity (Wildman–Crippen MR) is 224 cm³/mol. The average Bonchev–Trinajstić information content (AvgIpc) is 3.92. The van der Waals surface area contributed by atoms with Crippen molar-refractivity contribution in [3.63, 3.8) is 0 Å². The smallest absolute Gasteiger partial charge is 0.259 e. The molecular weight excluding hydrogens is 751 g/mol. The molecule has 1 unspecified atom stereocenters. The number of carbonyl (C=O) groups excluding carboxylic acids is 2. The van der Waals surface area contributed by atoms with Crippen molar-refractivity contribution in [3.05, 3.63) is 88.0 Å². The molecule has 58 heavy (non-hydrogen) atoms. The van der Waals surface area contributed by atoms with E-state index in [2.05, 4.69) is 54.9 Å². The minimum Gasteiger partial charge on any atom is -0.387 e. The van der Waals surface area contributed by atoms with Crippen LogP contribution >= 0.6 is 11.3 Å². The number of nitrogens with one attached hydrogen (secondary N) is 2. The Balaban J connectivity index is 0.775. The monoisotopic (exact) mass is 795 g/mol. The van der Waals surface area contributed by atoms with Crippen LogP contribution in [0.1, 0.15) is 73.9 Å².